The molecule has 0 bridgehead atoms. The van der Waals surface area contributed by atoms with E-state index in [1.165, 1.54) is 11.1 Å². The van der Waals surface area contributed by atoms with Crippen LogP contribution < -0.4 is 0 Å². The van der Waals surface area contributed by atoms with Gasteiger partial charge < -0.3 is 9.05 Å². The van der Waals surface area contributed by atoms with Crippen molar-refractivity contribution in [3.8, 4) is 22.8 Å². The fourth-order valence-electron chi connectivity index (χ4n) is 3.98. The first-order valence-corrected chi connectivity index (χ1v) is 12.6. The molecule has 9 nitrogen and oxygen atoms in total. The van der Waals surface area contributed by atoms with Crippen LogP contribution in [-0.2, 0) is 13.1 Å². The quantitative estimate of drug-likeness (QED) is 0.227. The summed E-state index contributed by atoms with van der Waals surface area (Å²) >= 11 is 6.36. The van der Waals surface area contributed by atoms with E-state index in [0.717, 1.165) is 16.7 Å². The maximum absolute atomic E-state index is 6.36. The Labute approximate surface area is 220 Å². The van der Waals surface area contributed by atoms with Crippen LogP contribution in [0.2, 0.25) is 0 Å². The van der Waals surface area contributed by atoms with Gasteiger partial charge in [-0.05, 0) is 26.3 Å². The third-order valence-corrected chi connectivity index (χ3v) is 6.38. The van der Waals surface area contributed by atoms with Crippen LogP contribution in [0.4, 0.5) is 0 Å². The van der Waals surface area contributed by atoms with Crippen molar-refractivity contribution in [2.75, 3.05) is 12.4 Å². The predicted octanol–water partition coefficient (Wildman–Crippen LogP) is 5.39. The van der Waals surface area contributed by atoms with Crippen LogP contribution in [0.15, 0.2) is 70.0 Å². The fraction of sp³-hybridized carbons (Fsp3) is 0.296. The first-order valence-electron chi connectivity index (χ1n) is 12.0. The van der Waals surface area contributed by atoms with Gasteiger partial charge in [0, 0.05) is 29.7 Å². The third kappa shape index (κ3) is 6.12. The lowest BCUT2D eigenvalue weighted by Gasteiger charge is -2.24. The van der Waals surface area contributed by atoms with E-state index in [1.807, 2.05) is 86.4 Å². The van der Waals surface area contributed by atoms with Gasteiger partial charge >= 0.3 is 0 Å². The zero-order valence-electron chi connectivity index (χ0n) is 21.0. The van der Waals surface area contributed by atoms with E-state index in [1.54, 1.807) is 0 Å². The largest absolute Gasteiger partial charge is 0.338 e. The van der Waals surface area contributed by atoms with Gasteiger partial charge in [0.2, 0.25) is 23.4 Å². The molecule has 0 saturated carbocycles. The van der Waals surface area contributed by atoms with E-state index in [-0.39, 0.29) is 6.04 Å². The Hall–Kier alpha value is -3.82. The Morgan fingerprint density at radius 2 is 1.30 bits per heavy atom. The number of benzene rings is 2. The number of nitrogens with zero attached hydrogens (tertiary/aromatic N) is 7. The third-order valence-electron chi connectivity index (χ3n) is 6.03. The molecule has 0 aliphatic carbocycles. The molecule has 0 fully saturated rings. The molecule has 0 aliphatic heterocycles. The van der Waals surface area contributed by atoms with Crippen molar-refractivity contribution in [1.29, 1.82) is 0 Å². The van der Waals surface area contributed by atoms with E-state index < -0.39 is 0 Å². The average Bonchev–Trinajstić information content (AvgIpc) is 3.65. The molecule has 5 rings (SSSR count). The van der Waals surface area contributed by atoms with Crippen LogP contribution in [0, 0.1) is 20.8 Å². The number of aryl methyl sites for hydroxylation is 3. The summed E-state index contributed by atoms with van der Waals surface area (Å²) in [4.78, 5) is 11.3. The van der Waals surface area contributed by atoms with Gasteiger partial charge in [0.05, 0.1) is 25.3 Å². The minimum atomic E-state index is -0.0747. The molecule has 190 valence electrons. The van der Waals surface area contributed by atoms with Crippen LogP contribution in [0.1, 0.15) is 34.5 Å². The smallest absolute Gasteiger partial charge is 0.241 e. The molecular formula is C27H28ClN7O2. The van der Waals surface area contributed by atoms with Crippen molar-refractivity contribution in [2.24, 2.45) is 0 Å². The zero-order valence-corrected chi connectivity index (χ0v) is 21.8. The summed E-state index contributed by atoms with van der Waals surface area (Å²) in [5.41, 5.74) is 5.21. The highest BCUT2D eigenvalue weighted by Gasteiger charge is 2.22. The van der Waals surface area contributed by atoms with Gasteiger partial charge in [-0.3, -0.25) is 9.58 Å². The van der Waals surface area contributed by atoms with Crippen LogP contribution >= 0.6 is 11.6 Å². The van der Waals surface area contributed by atoms with Gasteiger partial charge in [-0.25, -0.2) is 0 Å². The number of halogens is 1. The molecule has 0 amide bonds. The highest BCUT2D eigenvalue weighted by atomic mass is 35.5. The van der Waals surface area contributed by atoms with E-state index in [9.17, 15) is 0 Å². The average molecular weight is 518 g/mol. The summed E-state index contributed by atoms with van der Waals surface area (Å²) in [6, 6.07) is 16.0. The molecule has 0 radical (unpaired) electrons. The first kappa shape index (κ1) is 24.9. The highest BCUT2D eigenvalue weighted by molar-refractivity contribution is 6.18. The van der Waals surface area contributed by atoms with Gasteiger partial charge in [0.15, 0.2) is 0 Å². The summed E-state index contributed by atoms with van der Waals surface area (Å²) in [6.07, 6.45) is 3.80. The molecule has 0 N–H and O–H groups in total. The fourth-order valence-corrected chi connectivity index (χ4v) is 4.22. The Morgan fingerprint density at radius 1 is 0.784 bits per heavy atom. The number of alkyl halides is 1. The molecule has 10 heteroatoms. The second-order valence-corrected chi connectivity index (χ2v) is 9.54. The van der Waals surface area contributed by atoms with Gasteiger partial charge in [-0.1, -0.05) is 70.0 Å². The summed E-state index contributed by atoms with van der Waals surface area (Å²) in [7, 11) is 0. The predicted molar refractivity (Wildman–Crippen MR) is 140 cm³/mol. The molecule has 5 aromatic rings. The molecular weight excluding hydrogens is 490 g/mol. The van der Waals surface area contributed by atoms with Crippen molar-refractivity contribution < 1.29 is 9.05 Å². The molecule has 2 aromatic carbocycles. The molecule has 3 aromatic heterocycles. The van der Waals surface area contributed by atoms with Crippen molar-refractivity contribution in [3.63, 3.8) is 0 Å². The number of hydrogen-bond acceptors (Lipinski definition) is 8. The molecule has 0 saturated heterocycles. The number of hydrogen-bond donors (Lipinski definition) is 0. The molecule has 0 spiro atoms. The van der Waals surface area contributed by atoms with Crippen LogP contribution in [0.3, 0.4) is 0 Å². The summed E-state index contributed by atoms with van der Waals surface area (Å²) < 4.78 is 13.1. The molecule has 0 unspecified atom stereocenters. The van der Waals surface area contributed by atoms with Crippen molar-refractivity contribution in [2.45, 2.75) is 39.9 Å². The summed E-state index contributed by atoms with van der Waals surface area (Å²) in [5, 5.41) is 12.8. The Morgan fingerprint density at radius 3 is 1.73 bits per heavy atom. The number of aromatic nitrogens is 6. The van der Waals surface area contributed by atoms with Crippen LogP contribution in [0.25, 0.3) is 22.8 Å². The second kappa shape index (κ2) is 11.1. The summed E-state index contributed by atoms with van der Waals surface area (Å²) in [6.45, 7) is 7.42. The lowest BCUT2D eigenvalue weighted by molar-refractivity contribution is 0.170. The van der Waals surface area contributed by atoms with Gasteiger partial charge in [0.1, 0.15) is 0 Å². The summed E-state index contributed by atoms with van der Waals surface area (Å²) in [5.74, 6) is 2.45. The maximum Gasteiger partial charge on any atom is 0.241 e. The SMILES string of the molecule is Cc1ccc(-c2noc(CN(Cc3nc(-c4ccc(C)cc4)no3)C[C@H](CCl)n3cc(C)cn3)n2)cc1. The van der Waals surface area contributed by atoms with Gasteiger partial charge in [-0.15, -0.1) is 11.6 Å². The van der Waals surface area contributed by atoms with Crippen molar-refractivity contribution in [3.05, 3.63) is 89.4 Å². The van der Waals surface area contributed by atoms with Crippen molar-refractivity contribution in [1.82, 2.24) is 35.0 Å². The van der Waals surface area contributed by atoms with E-state index in [0.29, 0.717) is 48.9 Å². The monoisotopic (exact) mass is 517 g/mol. The molecule has 1 atom stereocenters. The number of rotatable bonds is 10. The Balaban J connectivity index is 1.37. The Kier molecular flexibility index (Phi) is 7.43. The molecule has 37 heavy (non-hydrogen) atoms. The highest BCUT2D eigenvalue weighted by Crippen LogP contribution is 2.21. The molecule has 0 aliphatic rings. The normalized spacial score (nSPS) is 12.4. The maximum atomic E-state index is 6.36. The minimum absolute atomic E-state index is 0.0747. The van der Waals surface area contributed by atoms with E-state index in [4.69, 9.17) is 20.6 Å². The lowest BCUT2D eigenvalue weighted by Crippen LogP contribution is -2.31. The minimum Gasteiger partial charge on any atom is -0.338 e. The van der Waals surface area contributed by atoms with Gasteiger partial charge in [0.25, 0.3) is 0 Å². The second-order valence-electron chi connectivity index (χ2n) is 9.23. The standard InChI is InChI=1S/C27H28ClN7O2/c1-18-4-8-21(9-5-18)26-30-24(36-32-26)16-34(15-23(12-28)35-14-20(3)13-29-35)17-25-31-27(33-37-25)22-10-6-19(2)7-11-22/h4-11,13-14,23H,12,15-17H2,1-3H3/t23-/m0/s1. The van der Waals surface area contributed by atoms with E-state index in [2.05, 4.69) is 30.3 Å². The first-order chi connectivity index (χ1) is 18.0. The Bertz CT molecular complexity index is 1350. The van der Waals surface area contributed by atoms with Crippen LogP contribution in [0.5, 0.6) is 0 Å². The molecule has 3 heterocycles. The van der Waals surface area contributed by atoms with Crippen molar-refractivity contribution >= 4 is 11.6 Å². The topological polar surface area (TPSA) is 98.9 Å². The van der Waals surface area contributed by atoms with Gasteiger partial charge in [-0.2, -0.15) is 15.1 Å². The lowest BCUT2D eigenvalue weighted by atomic mass is 10.1. The van der Waals surface area contributed by atoms with E-state index >= 15 is 0 Å². The zero-order chi connectivity index (χ0) is 25.8. The van der Waals surface area contributed by atoms with Crippen LogP contribution in [-0.4, -0.2) is 47.4 Å².